The molecule has 0 saturated heterocycles. The highest BCUT2D eigenvalue weighted by Gasteiger charge is 2.23. The number of hydrogen-bond donors (Lipinski definition) is 2. The first-order valence-corrected chi connectivity index (χ1v) is 6.76. The lowest BCUT2D eigenvalue weighted by Crippen LogP contribution is -2.30. The first kappa shape index (κ1) is 15.8. The number of rotatable bonds is 7. The molecule has 0 fully saturated rings. The molecular formula is C15H17NO6. The summed E-state index contributed by atoms with van der Waals surface area (Å²) in [5, 5.41) is 11.8. The molecule has 2 heterocycles. The Hall–Kier alpha value is -2.54. The van der Waals surface area contributed by atoms with Crippen molar-refractivity contribution in [2.75, 3.05) is 13.7 Å². The Morgan fingerprint density at radius 3 is 2.73 bits per heavy atom. The fourth-order valence-electron chi connectivity index (χ4n) is 2.06. The number of ether oxygens (including phenoxy) is 1. The van der Waals surface area contributed by atoms with Crippen LogP contribution in [0, 0.1) is 0 Å². The van der Waals surface area contributed by atoms with Crippen LogP contribution >= 0.6 is 0 Å². The summed E-state index contributed by atoms with van der Waals surface area (Å²) < 4.78 is 15.6. The lowest BCUT2D eigenvalue weighted by Gasteiger charge is -2.14. The van der Waals surface area contributed by atoms with Crippen LogP contribution in [-0.4, -0.2) is 30.7 Å². The predicted molar refractivity (Wildman–Crippen MR) is 75.8 cm³/mol. The van der Waals surface area contributed by atoms with Crippen LogP contribution in [0.2, 0.25) is 0 Å². The Balaban J connectivity index is 2.18. The van der Waals surface area contributed by atoms with Crippen LogP contribution in [0.5, 0.6) is 0 Å². The number of nitrogens with one attached hydrogen (secondary N) is 1. The van der Waals surface area contributed by atoms with Crippen LogP contribution in [0.1, 0.15) is 45.4 Å². The smallest absolute Gasteiger partial charge is 0.339 e. The maximum Gasteiger partial charge on any atom is 0.339 e. The molecule has 0 radical (unpaired) electrons. The highest BCUT2D eigenvalue weighted by Crippen LogP contribution is 2.19. The molecule has 0 saturated carbocycles. The normalized spacial score (nSPS) is 12.1. The average Bonchev–Trinajstić information content (AvgIpc) is 3.15. The lowest BCUT2D eigenvalue weighted by atomic mass is 10.2. The minimum absolute atomic E-state index is 0.00561. The topological polar surface area (TPSA) is 102 Å². The Bertz CT molecular complexity index is 643. The van der Waals surface area contributed by atoms with Gasteiger partial charge in [-0.05, 0) is 12.1 Å². The molecule has 7 nitrogen and oxygen atoms in total. The summed E-state index contributed by atoms with van der Waals surface area (Å²) in [7, 11) is 1.51. The Labute approximate surface area is 126 Å². The summed E-state index contributed by atoms with van der Waals surface area (Å²) in [5.74, 6) is -0.906. The number of carbonyl (C=O) groups excluding carboxylic acids is 1. The van der Waals surface area contributed by atoms with Crippen molar-refractivity contribution in [3.05, 3.63) is 47.3 Å². The second-order valence-electron chi connectivity index (χ2n) is 4.60. The van der Waals surface area contributed by atoms with E-state index in [0.29, 0.717) is 12.2 Å². The zero-order valence-corrected chi connectivity index (χ0v) is 12.3. The van der Waals surface area contributed by atoms with E-state index in [1.165, 1.54) is 19.4 Å². The van der Waals surface area contributed by atoms with Gasteiger partial charge in [-0.3, -0.25) is 4.79 Å². The van der Waals surface area contributed by atoms with Gasteiger partial charge in [-0.1, -0.05) is 6.92 Å². The quantitative estimate of drug-likeness (QED) is 0.813. The van der Waals surface area contributed by atoms with Crippen LogP contribution in [0.3, 0.4) is 0 Å². The number of carboxylic acid groups (broad SMARTS) is 1. The zero-order valence-electron chi connectivity index (χ0n) is 12.3. The van der Waals surface area contributed by atoms with Crippen molar-refractivity contribution in [3.63, 3.8) is 0 Å². The van der Waals surface area contributed by atoms with Gasteiger partial charge in [0.05, 0.1) is 12.9 Å². The van der Waals surface area contributed by atoms with Crippen molar-refractivity contribution >= 4 is 11.9 Å². The van der Waals surface area contributed by atoms with Crippen molar-refractivity contribution in [3.8, 4) is 0 Å². The van der Waals surface area contributed by atoms with Gasteiger partial charge in [0.2, 0.25) is 0 Å². The molecule has 1 amide bonds. The van der Waals surface area contributed by atoms with Crippen LogP contribution in [-0.2, 0) is 11.2 Å². The van der Waals surface area contributed by atoms with Gasteiger partial charge >= 0.3 is 5.97 Å². The maximum atomic E-state index is 12.2. The maximum absolute atomic E-state index is 12.2. The molecule has 0 aliphatic carbocycles. The standard InChI is InChI=1S/C15H17NO6/c1-3-11-9(15(18)19)7-13(22-11)14(17)16-10(8-20-2)12-5-4-6-21-12/h4-7,10H,3,8H2,1-2H3,(H,16,17)(H,18,19). The fourth-order valence-corrected chi connectivity index (χ4v) is 2.06. The zero-order chi connectivity index (χ0) is 16.1. The summed E-state index contributed by atoms with van der Waals surface area (Å²) in [6.07, 6.45) is 1.88. The Morgan fingerprint density at radius 2 is 2.23 bits per heavy atom. The predicted octanol–water partition coefficient (Wildman–Crippen LogP) is 2.25. The lowest BCUT2D eigenvalue weighted by molar-refractivity contribution is 0.0694. The summed E-state index contributed by atoms with van der Waals surface area (Å²) in [4.78, 5) is 23.3. The molecule has 2 rings (SSSR count). The van der Waals surface area contributed by atoms with Crippen molar-refractivity contribution in [1.82, 2.24) is 5.32 Å². The molecule has 118 valence electrons. The van der Waals surface area contributed by atoms with Gasteiger partial charge in [0, 0.05) is 19.6 Å². The summed E-state index contributed by atoms with van der Waals surface area (Å²) >= 11 is 0. The van der Waals surface area contributed by atoms with Gasteiger partial charge in [-0.2, -0.15) is 0 Å². The van der Waals surface area contributed by atoms with Crippen LogP contribution in [0.15, 0.2) is 33.3 Å². The van der Waals surface area contributed by atoms with E-state index < -0.39 is 17.9 Å². The molecule has 0 bridgehead atoms. The molecule has 2 aromatic heterocycles. The molecule has 0 aromatic carbocycles. The van der Waals surface area contributed by atoms with Crippen molar-refractivity contribution < 1.29 is 28.3 Å². The van der Waals surface area contributed by atoms with Gasteiger partial charge in [0.1, 0.15) is 23.1 Å². The first-order valence-electron chi connectivity index (χ1n) is 6.76. The third-order valence-electron chi connectivity index (χ3n) is 3.11. The Morgan fingerprint density at radius 1 is 1.45 bits per heavy atom. The highest BCUT2D eigenvalue weighted by atomic mass is 16.5. The van der Waals surface area contributed by atoms with Gasteiger partial charge in [0.15, 0.2) is 5.76 Å². The van der Waals surface area contributed by atoms with E-state index in [9.17, 15) is 9.59 Å². The molecule has 0 aliphatic rings. The van der Waals surface area contributed by atoms with Gasteiger partial charge in [0.25, 0.3) is 5.91 Å². The van der Waals surface area contributed by atoms with E-state index >= 15 is 0 Å². The molecular weight excluding hydrogens is 290 g/mol. The number of methoxy groups -OCH3 is 1. The molecule has 0 aliphatic heterocycles. The van der Waals surface area contributed by atoms with E-state index in [2.05, 4.69) is 5.32 Å². The van der Waals surface area contributed by atoms with E-state index in [0.717, 1.165) is 0 Å². The number of aromatic carboxylic acids is 1. The first-order chi connectivity index (χ1) is 10.6. The van der Waals surface area contributed by atoms with Crippen LogP contribution in [0.25, 0.3) is 0 Å². The highest BCUT2D eigenvalue weighted by molar-refractivity contribution is 5.96. The number of amides is 1. The second kappa shape index (κ2) is 6.95. The van der Waals surface area contributed by atoms with Gasteiger partial charge < -0.3 is 24.0 Å². The molecule has 7 heteroatoms. The van der Waals surface area contributed by atoms with Crippen LogP contribution in [0.4, 0.5) is 0 Å². The summed E-state index contributed by atoms with van der Waals surface area (Å²) in [6, 6.07) is 4.15. The van der Waals surface area contributed by atoms with E-state index in [1.807, 2.05) is 0 Å². The molecule has 0 spiro atoms. The van der Waals surface area contributed by atoms with Crippen LogP contribution < -0.4 is 5.32 Å². The second-order valence-corrected chi connectivity index (χ2v) is 4.60. The number of hydrogen-bond acceptors (Lipinski definition) is 5. The van der Waals surface area contributed by atoms with Crippen molar-refractivity contribution in [2.45, 2.75) is 19.4 Å². The minimum Gasteiger partial charge on any atom is -0.478 e. The number of carboxylic acids is 1. The van der Waals surface area contributed by atoms with Crippen molar-refractivity contribution in [2.24, 2.45) is 0 Å². The monoisotopic (exact) mass is 307 g/mol. The van der Waals surface area contributed by atoms with Gasteiger partial charge in [-0.25, -0.2) is 4.79 Å². The number of carbonyl (C=O) groups is 2. The van der Waals surface area contributed by atoms with E-state index in [4.69, 9.17) is 18.7 Å². The third kappa shape index (κ3) is 3.37. The number of furan rings is 2. The number of aryl methyl sites for hydroxylation is 1. The summed E-state index contributed by atoms with van der Waals surface area (Å²) in [6.45, 7) is 1.97. The largest absolute Gasteiger partial charge is 0.478 e. The summed E-state index contributed by atoms with van der Waals surface area (Å²) in [5.41, 5.74) is -0.00561. The molecule has 2 aromatic rings. The molecule has 22 heavy (non-hydrogen) atoms. The third-order valence-corrected chi connectivity index (χ3v) is 3.11. The Kier molecular flexibility index (Phi) is 5.00. The van der Waals surface area contributed by atoms with Gasteiger partial charge in [-0.15, -0.1) is 0 Å². The van der Waals surface area contributed by atoms with Crippen molar-refractivity contribution in [1.29, 1.82) is 0 Å². The SMILES string of the molecule is CCc1oc(C(=O)NC(COC)c2ccco2)cc1C(=O)O. The molecule has 1 atom stereocenters. The van der Waals surface area contributed by atoms with E-state index in [-0.39, 0.29) is 23.7 Å². The fraction of sp³-hybridized carbons (Fsp3) is 0.333. The average molecular weight is 307 g/mol. The molecule has 1 unspecified atom stereocenters. The molecule has 2 N–H and O–H groups in total. The minimum atomic E-state index is -1.13. The van der Waals surface area contributed by atoms with E-state index in [1.54, 1.807) is 19.1 Å².